The first-order chi connectivity index (χ1) is 17.6. The summed E-state index contributed by atoms with van der Waals surface area (Å²) in [6.07, 6.45) is 3.35. The third kappa shape index (κ3) is 4.98. The van der Waals surface area contributed by atoms with Crippen LogP contribution >= 0.6 is 0 Å². The van der Waals surface area contributed by atoms with Crippen molar-refractivity contribution in [1.29, 1.82) is 0 Å². The number of aliphatic carboxylic acids is 1. The summed E-state index contributed by atoms with van der Waals surface area (Å²) in [5.41, 5.74) is 2.70. The van der Waals surface area contributed by atoms with Crippen LogP contribution in [0.2, 0.25) is 0 Å². The average molecular weight is 484 g/mol. The van der Waals surface area contributed by atoms with E-state index in [9.17, 15) is 9.90 Å². The largest absolute Gasteiger partial charge is 0.493 e. The van der Waals surface area contributed by atoms with E-state index in [4.69, 9.17) is 18.9 Å². The Morgan fingerprint density at radius 1 is 0.944 bits per heavy atom. The predicted molar refractivity (Wildman–Crippen MR) is 137 cm³/mol. The molecule has 0 saturated heterocycles. The number of carboxylic acids is 1. The van der Waals surface area contributed by atoms with Crippen molar-refractivity contribution in [1.82, 2.24) is 4.98 Å². The Kier molecular flexibility index (Phi) is 6.76. The number of ether oxygens (including phenoxy) is 2. The molecule has 0 spiro atoms. The quantitative estimate of drug-likeness (QED) is 0.274. The van der Waals surface area contributed by atoms with Crippen molar-refractivity contribution in [3.63, 3.8) is 0 Å². The Morgan fingerprint density at radius 3 is 2.25 bits per heavy atom. The zero-order valence-electron chi connectivity index (χ0n) is 20.3. The molecule has 1 aliphatic carbocycles. The van der Waals surface area contributed by atoms with Crippen LogP contribution in [0.1, 0.15) is 37.6 Å². The third-order valence-corrected chi connectivity index (χ3v) is 6.59. The highest BCUT2D eigenvalue weighted by Crippen LogP contribution is 2.38. The highest BCUT2D eigenvalue weighted by atomic mass is 16.5. The van der Waals surface area contributed by atoms with Gasteiger partial charge in [-0.2, -0.15) is 0 Å². The molecule has 36 heavy (non-hydrogen) atoms. The molecule has 0 amide bonds. The van der Waals surface area contributed by atoms with E-state index in [1.54, 1.807) is 6.07 Å². The fourth-order valence-corrected chi connectivity index (χ4v) is 4.41. The lowest BCUT2D eigenvalue weighted by Crippen LogP contribution is -2.50. The van der Waals surface area contributed by atoms with Gasteiger partial charge in [0, 0.05) is 18.4 Å². The lowest BCUT2D eigenvalue weighted by Gasteiger charge is -2.37. The zero-order valence-corrected chi connectivity index (χ0v) is 20.3. The maximum Gasteiger partial charge on any atom is 0.348 e. The summed E-state index contributed by atoms with van der Waals surface area (Å²) in [6.45, 7) is 2.53. The number of nitrogens with zero attached hydrogens (tertiary/aromatic N) is 1. The summed E-state index contributed by atoms with van der Waals surface area (Å²) in [6, 6.07) is 25.3. The van der Waals surface area contributed by atoms with Crippen LogP contribution < -0.4 is 9.47 Å². The molecule has 1 N–H and O–H groups in total. The van der Waals surface area contributed by atoms with E-state index in [0.717, 1.165) is 46.7 Å². The van der Waals surface area contributed by atoms with Gasteiger partial charge in [-0.25, -0.2) is 9.78 Å². The molecule has 0 atom stereocenters. The number of carbonyl (C=O) groups is 1. The van der Waals surface area contributed by atoms with Gasteiger partial charge >= 0.3 is 5.97 Å². The molecular formula is C30H29NO5. The average Bonchev–Trinajstić information content (AvgIpc) is 3.30. The summed E-state index contributed by atoms with van der Waals surface area (Å²) < 4.78 is 18.0. The number of aryl methyl sites for hydroxylation is 1. The Balaban J connectivity index is 1.25. The number of carboxylic acid groups (broad SMARTS) is 1. The Hall–Kier alpha value is -4.06. The third-order valence-electron chi connectivity index (χ3n) is 6.59. The Bertz CT molecular complexity index is 1340. The SMILES string of the molecule is CCc1oc(-c2ccccc2)nc1CCOc1cccc(-c2cccc(OC3(C(=O)O)CCC3)c2)c1. The van der Waals surface area contributed by atoms with Crippen LogP contribution in [0.3, 0.4) is 0 Å². The Morgan fingerprint density at radius 2 is 1.61 bits per heavy atom. The number of hydrogen-bond donors (Lipinski definition) is 1. The van der Waals surface area contributed by atoms with Crippen LogP contribution in [0.15, 0.2) is 83.3 Å². The zero-order chi connectivity index (χ0) is 25.0. The molecule has 3 aromatic carbocycles. The van der Waals surface area contributed by atoms with Gasteiger partial charge in [0.1, 0.15) is 17.3 Å². The lowest BCUT2D eigenvalue weighted by atomic mass is 9.80. The van der Waals surface area contributed by atoms with E-state index in [-0.39, 0.29) is 0 Å². The molecule has 0 unspecified atom stereocenters. The van der Waals surface area contributed by atoms with Gasteiger partial charge in [-0.1, -0.05) is 49.4 Å². The number of rotatable bonds is 10. The minimum Gasteiger partial charge on any atom is -0.493 e. The second-order valence-corrected chi connectivity index (χ2v) is 9.02. The van der Waals surface area contributed by atoms with E-state index in [1.807, 2.05) is 72.8 Å². The minimum atomic E-state index is -1.09. The summed E-state index contributed by atoms with van der Waals surface area (Å²) in [4.78, 5) is 16.4. The monoisotopic (exact) mass is 483 g/mol. The number of oxazole rings is 1. The first-order valence-electron chi connectivity index (χ1n) is 12.4. The van der Waals surface area contributed by atoms with Crippen molar-refractivity contribution in [3.05, 3.63) is 90.3 Å². The van der Waals surface area contributed by atoms with Crippen LogP contribution in [0, 0.1) is 0 Å². The van der Waals surface area contributed by atoms with Crippen LogP contribution in [0.25, 0.3) is 22.6 Å². The van der Waals surface area contributed by atoms with Crippen molar-refractivity contribution in [2.24, 2.45) is 0 Å². The molecule has 4 aromatic rings. The normalized spacial score (nSPS) is 14.1. The smallest absolute Gasteiger partial charge is 0.348 e. The molecule has 184 valence electrons. The molecule has 5 rings (SSSR count). The molecule has 0 radical (unpaired) electrons. The fraction of sp³-hybridized carbons (Fsp3) is 0.267. The standard InChI is InChI=1S/C30H29NO5/c1-2-27-26(31-28(35-27)21-9-4-3-5-10-21)15-18-34-24-13-6-11-22(19-24)23-12-7-14-25(20-23)36-30(29(32)33)16-8-17-30/h3-7,9-14,19-20H,2,8,15-18H2,1H3,(H,32,33). The molecule has 1 aliphatic rings. The minimum absolute atomic E-state index is 0.474. The number of hydrogen-bond acceptors (Lipinski definition) is 5. The second-order valence-electron chi connectivity index (χ2n) is 9.02. The fourth-order valence-electron chi connectivity index (χ4n) is 4.41. The first kappa shape index (κ1) is 23.7. The number of benzene rings is 3. The van der Waals surface area contributed by atoms with Crippen LogP contribution in [-0.4, -0.2) is 28.3 Å². The lowest BCUT2D eigenvalue weighted by molar-refractivity contribution is -0.163. The summed E-state index contributed by atoms with van der Waals surface area (Å²) in [7, 11) is 0. The highest BCUT2D eigenvalue weighted by Gasteiger charge is 2.47. The maximum atomic E-state index is 11.7. The van der Waals surface area contributed by atoms with Crippen molar-refractivity contribution in [2.75, 3.05) is 6.61 Å². The predicted octanol–water partition coefficient (Wildman–Crippen LogP) is 6.58. The van der Waals surface area contributed by atoms with Gasteiger partial charge < -0.3 is 19.0 Å². The van der Waals surface area contributed by atoms with Gasteiger partial charge in [-0.3, -0.25) is 0 Å². The van der Waals surface area contributed by atoms with Gasteiger partial charge in [0.2, 0.25) is 11.5 Å². The van der Waals surface area contributed by atoms with E-state index in [0.29, 0.717) is 37.5 Å². The molecule has 6 heteroatoms. The molecule has 0 aliphatic heterocycles. The van der Waals surface area contributed by atoms with Crippen molar-refractivity contribution in [2.45, 2.75) is 44.6 Å². The maximum absolute atomic E-state index is 11.7. The van der Waals surface area contributed by atoms with Crippen LogP contribution in [0.4, 0.5) is 0 Å². The number of aromatic nitrogens is 1. The van der Waals surface area contributed by atoms with Gasteiger partial charge in [-0.05, 0) is 66.8 Å². The van der Waals surface area contributed by atoms with Gasteiger partial charge in [0.15, 0.2) is 0 Å². The molecule has 1 fully saturated rings. The molecule has 6 nitrogen and oxygen atoms in total. The van der Waals surface area contributed by atoms with Gasteiger partial charge in [0.25, 0.3) is 0 Å². The molecular weight excluding hydrogens is 454 g/mol. The van der Waals surface area contributed by atoms with Gasteiger partial charge in [-0.15, -0.1) is 0 Å². The Labute approximate surface area is 210 Å². The van der Waals surface area contributed by atoms with Crippen molar-refractivity contribution >= 4 is 5.97 Å². The van der Waals surface area contributed by atoms with Crippen LogP contribution in [-0.2, 0) is 17.6 Å². The second kappa shape index (κ2) is 10.3. The van der Waals surface area contributed by atoms with Crippen molar-refractivity contribution in [3.8, 4) is 34.1 Å². The van der Waals surface area contributed by atoms with Crippen LogP contribution in [0.5, 0.6) is 11.5 Å². The molecule has 1 aromatic heterocycles. The first-order valence-corrected chi connectivity index (χ1v) is 12.4. The summed E-state index contributed by atoms with van der Waals surface area (Å²) in [5, 5.41) is 9.57. The van der Waals surface area contributed by atoms with E-state index < -0.39 is 11.6 Å². The summed E-state index contributed by atoms with van der Waals surface area (Å²) in [5.74, 6) is 1.94. The van der Waals surface area contributed by atoms with Gasteiger partial charge in [0.05, 0.1) is 12.3 Å². The topological polar surface area (TPSA) is 81.8 Å². The van der Waals surface area contributed by atoms with E-state index in [2.05, 4.69) is 6.92 Å². The molecule has 0 bridgehead atoms. The van der Waals surface area contributed by atoms with Crippen molar-refractivity contribution < 1.29 is 23.8 Å². The molecule has 1 heterocycles. The van der Waals surface area contributed by atoms with E-state index >= 15 is 0 Å². The summed E-state index contributed by atoms with van der Waals surface area (Å²) >= 11 is 0. The highest BCUT2D eigenvalue weighted by molar-refractivity contribution is 5.79. The van der Waals surface area contributed by atoms with E-state index in [1.165, 1.54) is 0 Å². The molecule has 1 saturated carbocycles.